The van der Waals surface area contributed by atoms with Crippen LogP contribution in [-0.4, -0.2) is 43.0 Å². The zero-order chi connectivity index (χ0) is 23.3. The van der Waals surface area contributed by atoms with Gasteiger partial charge in [0.25, 0.3) is 0 Å². The van der Waals surface area contributed by atoms with Crippen LogP contribution in [0.25, 0.3) is 0 Å². The molecular weight excluding hydrogens is 404 g/mol. The fraction of sp³-hybridized carbons (Fsp3) is 0.462. The van der Waals surface area contributed by atoms with Crippen LogP contribution in [0.4, 0.5) is 0 Å². The van der Waals surface area contributed by atoms with Crippen LogP contribution >= 0.6 is 0 Å². The molecule has 0 fully saturated rings. The smallest absolute Gasteiger partial charge is 0.242 e. The first-order valence-electron chi connectivity index (χ1n) is 11.4. The lowest BCUT2D eigenvalue weighted by Gasteiger charge is -2.30. The lowest BCUT2D eigenvalue weighted by molar-refractivity contribution is -0.141. The highest BCUT2D eigenvalue weighted by molar-refractivity contribution is 5.87. The molecule has 0 bridgehead atoms. The van der Waals surface area contributed by atoms with Crippen molar-refractivity contribution in [3.63, 3.8) is 0 Å². The Kier molecular flexibility index (Phi) is 10.6. The fourth-order valence-corrected chi connectivity index (χ4v) is 3.40. The Morgan fingerprint density at radius 3 is 2.25 bits per heavy atom. The molecule has 1 atom stereocenters. The highest BCUT2D eigenvalue weighted by atomic mass is 16.5. The highest BCUT2D eigenvalue weighted by Crippen LogP contribution is 2.18. The molecule has 0 unspecified atom stereocenters. The van der Waals surface area contributed by atoms with Gasteiger partial charge in [0.2, 0.25) is 11.8 Å². The van der Waals surface area contributed by atoms with Crippen molar-refractivity contribution in [1.29, 1.82) is 0 Å². The molecule has 0 aliphatic heterocycles. The summed E-state index contributed by atoms with van der Waals surface area (Å²) in [7, 11) is 1.62. The van der Waals surface area contributed by atoms with E-state index in [1.54, 1.807) is 12.0 Å². The number of carbonyl (C=O) groups excluding carboxylic acids is 2. The van der Waals surface area contributed by atoms with Crippen molar-refractivity contribution in [2.75, 3.05) is 20.3 Å². The van der Waals surface area contributed by atoms with E-state index in [2.05, 4.69) is 5.32 Å². The molecule has 0 aromatic heterocycles. The molecule has 32 heavy (non-hydrogen) atoms. The van der Waals surface area contributed by atoms with E-state index >= 15 is 0 Å². The predicted octanol–water partition coefficient (Wildman–Crippen LogP) is 4.50. The van der Waals surface area contributed by atoms with E-state index in [0.717, 1.165) is 23.5 Å². The molecule has 2 rings (SSSR count). The van der Waals surface area contributed by atoms with Gasteiger partial charge in [-0.2, -0.15) is 0 Å². The van der Waals surface area contributed by atoms with E-state index in [9.17, 15) is 9.59 Å². The van der Waals surface area contributed by atoms with Gasteiger partial charge in [0.15, 0.2) is 0 Å². The molecule has 0 radical (unpaired) electrons. The molecule has 6 nitrogen and oxygen atoms in total. The molecule has 2 amide bonds. The second kappa shape index (κ2) is 13.4. The first kappa shape index (κ1) is 25.2. The second-order valence-electron chi connectivity index (χ2n) is 7.85. The van der Waals surface area contributed by atoms with Crippen LogP contribution in [0.3, 0.4) is 0 Å². The van der Waals surface area contributed by atoms with Gasteiger partial charge in [0.05, 0.1) is 13.7 Å². The van der Waals surface area contributed by atoms with Crippen molar-refractivity contribution in [2.45, 2.75) is 59.0 Å². The van der Waals surface area contributed by atoms with Gasteiger partial charge in [-0.3, -0.25) is 9.59 Å². The van der Waals surface area contributed by atoms with E-state index in [1.165, 1.54) is 5.56 Å². The van der Waals surface area contributed by atoms with Crippen LogP contribution in [0.2, 0.25) is 0 Å². The number of nitrogens with one attached hydrogen (secondary N) is 1. The number of ether oxygens (including phenoxy) is 2. The lowest BCUT2D eigenvalue weighted by atomic mass is 10.1. The van der Waals surface area contributed by atoms with Gasteiger partial charge in [0.1, 0.15) is 17.5 Å². The van der Waals surface area contributed by atoms with E-state index in [4.69, 9.17) is 9.47 Å². The normalized spacial score (nSPS) is 11.5. The molecule has 0 saturated carbocycles. The van der Waals surface area contributed by atoms with Crippen LogP contribution < -0.4 is 14.8 Å². The summed E-state index contributed by atoms with van der Waals surface area (Å²) >= 11 is 0. The summed E-state index contributed by atoms with van der Waals surface area (Å²) in [5.74, 6) is 1.40. The summed E-state index contributed by atoms with van der Waals surface area (Å²) in [6.45, 7) is 7.40. The summed E-state index contributed by atoms with van der Waals surface area (Å²) in [4.78, 5) is 27.6. The van der Waals surface area contributed by atoms with Crippen molar-refractivity contribution < 1.29 is 19.1 Å². The Morgan fingerprint density at radius 2 is 1.66 bits per heavy atom. The van der Waals surface area contributed by atoms with Gasteiger partial charge in [-0.05, 0) is 56.0 Å². The predicted molar refractivity (Wildman–Crippen MR) is 127 cm³/mol. The summed E-state index contributed by atoms with van der Waals surface area (Å²) in [5, 5.41) is 2.94. The fourth-order valence-electron chi connectivity index (χ4n) is 3.40. The minimum atomic E-state index is -0.505. The number of aryl methyl sites for hydroxylation is 1. The Balaban J connectivity index is 2.04. The van der Waals surface area contributed by atoms with E-state index in [0.29, 0.717) is 39.0 Å². The van der Waals surface area contributed by atoms with Crippen molar-refractivity contribution in [3.8, 4) is 11.5 Å². The molecule has 0 heterocycles. The lowest BCUT2D eigenvalue weighted by Crippen LogP contribution is -2.49. The summed E-state index contributed by atoms with van der Waals surface area (Å²) in [6.07, 6.45) is 2.31. The van der Waals surface area contributed by atoms with E-state index < -0.39 is 6.04 Å². The minimum absolute atomic E-state index is 0.0492. The Bertz CT molecular complexity index is 834. The third-order valence-electron chi connectivity index (χ3n) is 5.27. The number of hydrogen-bond acceptors (Lipinski definition) is 4. The van der Waals surface area contributed by atoms with Crippen LogP contribution in [-0.2, 0) is 16.1 Å². The summed E-state index contributed by atoms with van der Waals surface area (Å²) in [5.41, 5.74) is 2.13. The quantitative estimate of drug-likeness (QED) is 0.466. The maximum atomic E-state index is 13.2. The number of methoxy groups -OCH3 is 1. The molecule has 6 heteroatoms. The molecule has 174 valence electrons. The van der Waals surface area contributed by atoms with Crippen LogP contribution in [0.5, 0.6) is 11.5 Å². The summed E-state index contributed by atoms with van der Waals surface area (Å²) < 4.78 is 11.0. The molecule has 1 N–H and O–H groups in total. The first-order valence-corrected chi connectivity index (χ1v) is 11.4. The number of carbonyl (C=O) groups is 2. The molecule has 0 saturated heterocycles. The van der Waals surface area contributed by atoms with Crippen LogP contribution in [0.15, 0.2) is 48.5 Å². The topological polar surface area (TPSA) is 67.9 Å². The average molecular weight is 441 g/mol. The second-order valence-corrected chi connectivity index (χ2v) is 7.85. The summed E-state index contributed by atoms with van der Waals surface area (Å²) in [6, 6.07) is 14.9. The van der Waals surface area contributed by atoms with E-state index in [1.807, 2.05) is 69.3 Å². The molecular formula is C26H36N2O4. The standard InChI is InChI=1S/C26H36N2O4/c1-5-17-27-26(30)24(6-2)28(19-21-11-15-22(31-4)16-12-21)25(29)8-7-18-32-23-13-9-20(3)10-14-23/h9-16,24H,5-8,17-19H2,1-4H3,(H,27,30)/t24-/m1/s1. The number of amides is 2. The Morgan fingerprint density at radius 1 is 1.00 bits per heavy atom. The van der Waals surface area contributed by atoms with Gasteiger partial charge in [-0.1, -0.05) is 43.7 Å². The number of nitrogens with zero attached hydrogens (tertiary/aromatic N) is 1. The molecule has 0 aliphatic rings. The Labute approximate surface area is 191 Å². The zero-order valence-corrected chi connectivity index (χ0v) is 19.7. The molecule has 2 aromatic rings. The van der Waals surface area contributed by atoms with Gasteiger partial charge in [-0.15, -0.1) is 0 Å². The zero-order valence-electron chi connectivity index (χ0n) is 19.7. The number of rotatable bonds is 13. The average Bonchev–Trinajstić information content (AvgIpc) is 2.81. The van der Waals surface area contributed by atoms with Crippen molar-refractivity contribution in [3.05, 3.63) is 59.7 Å². The van der Waals surface area contributed by atoms with Gasteiger partial charge in [-0.25, -0.2) is 0 Å². The maximum Gasteiger partial charge on any atom is 0.242 e. The third kappa shape index (κ3) is 7.91. The molecule has 2 aromatic carbocycles. The number of hydrogen-bond donors (Lipinski definition) is 1. The van der Waals surface area contributed by atoms with Crippen molar-refractivity contribution in [1.82, 2.24) is 10.2 Å². The number of benzene rings is 2. The van der Waals surface area contributed by atoms with Gasteiger partial charge < -0.3 is 19.7 Å². The molecule has 0 aliphatic carbocycles. The maximum absolute atomic E-state index is 13.2. The highest BCUT2D eigenvalue weighted by Gasteiger charge is 2.28. The van der Waals surface area contributed by atoms with Crippen LogP contribution in [0.1, 0.15) is 50.7 Å². The van der Waals surface area contributed by atoms with Gasteiger partial charge in [0, 0.05) is 19.5 Å². The SMILES string of the molecule is CCCNC(=O)[C@@H](CC)N(Cc1ccc(OC)cc1)C(=O)CCCOc1ccc(C)cc1. The largest absolute Gasteiger partial charge is 0.497 e. The van der Waals surface area contributed by atoms with Crippen LogP contribution in [0, 0.1) is 6.92 Å². The van der Waals surface area contributed by atoms with Gasteiger partial charge >= 0.3 is 0 Å². The third-order valence-corrected chi connectivity index (χ3v) is 5.27. The Hall–Kier alpha value is -3.02. The van der Waals surface area contributed by atoms with Crippen molar-refractivity contribution in [2.24, 2.45) is 0 Å². The van der Waals surface area contributed by atoms with E-state index in [-0.39, 0.29) is 11.8 Å². The first-order chi connectivity index (χ1) is 15.5. The molecule has 0 spiro atoms. The minimum Gasteiger partial charge on any atom is -0.497 e. The van der Waals surface area contributed by atoms with Crippen molar-refractivity contribution >= 4 is 11.8 Å². The monoisotopic (exact) mass is 440 g/mol.